The fourth-order valence-electron chi connectivity index (χ4n) is 2.22. The minimum absolute atomic E-state index is 0.0415. The molecule has 0 spiro atoms. The summed E-state index contributed by atoms with van der Waals surface area (Å²) in [6.07, 6.45) is 0.599. The van der Waals surface area contributed by atoms with Crippen molar-refractivity contribution in [3.05, 3.63) is 11.6 Å². The van der Waals surface area contributed by atoms with Gasteiger partial charge in [-0.05, 0) is 19.9 Å². The molecule has 1 rings (SSSR count). The number of carbonyl (C=O) groups excluding carboxylic acids is 3. The molecule has 1 fully saturated rings. The van der Waals surface area contributed by atoms with E-state index in [4.69, 9.17) is 13.6 Å². The Kier molecular flexibility index (Phi) is 9.86. The van der Waals surface area contributed by atoms with Crippen molar-refractivity contribution in [1.29, 1.82) is 0 Å². The molecule has 1 saturated heterocycles. The third-order valence-electron chi connectivity index (χ3n) is 3.73. The van der Waals surface area contributed by atoms with E-state index in [1.165, 1.54) is 7.11 Å². The summed E-state index contributed by atoms with van der Waals surface area (Å²) in [6.45, 7) is 7.67. The van der Waals surface area contributed by atoms with E-state index in [0.29, 0.717) is 12.3 Å². The van der Waals surface area contributed by atoms with Gasteiger partial charge < -0.3 is 10.6 Å². The van der Waals surface area contributed by atoms with E-state index >= 15 is 0 Å². The summed E-state index contributed by atoms with van der Waals surface area (Å²) in [5.74, 6) is -0.261. The van der Waals surface area contributed by atoms with Crippen LogP contribution in [0, 0.1) is 5.41 Å². The van der Waals surface area contributed by atoms with Crippen molar-refractivity contribution in [3.63, 3.8) is 0 Å². The Bertz CT molecular complexity index is 662. The van der Waals surface area contributed by atoms with E-state index in [0.717, 1.165) is 17.3 Å². The molecule has 0 saturated carbocycles. The van der Waals surface area contributed by atoms with Crippen LogP contribution in [0.1, 0.15) is 34.1 Å². The van der Waals surface area contributed by atoms with Crippen molar-refractivity contribution >= 4 is 36.5 Å². The second-order valence-electron chi connectivity index (χ2n) is 7.16. The maximum atomic E-state index is 12.4. The number of amides is 2. The maximum absolute atomic E-state index is 12.4. The van der Waals surface area contributed by atoms with Crippen LogP contribution in [-0.2, 0) is 32.5 Å². The highest BCUT2D eigenvalue weighted by Crippen LogP contribution is 2.56. The largest absolute Gasteiger partial charge is 0.475 e. The minimum atomic E-state index is -3.75. The lowest BCUT2D eigenvalue weighted by Crippen LogP contribution is -2.50. The van der Waals surface area contributed by atoms with Gasteiger partial charge in [0.15, 0.2) is 6.10 Å². The van der Waals surface area contributed by atoms with Gasteiger partial charge in [0, 0.05) is 37.8 Å². The summed E-state index contributed by atoms with van der Waals surface area (Å²) in [4.78, 5) is 35.7. The van der Waals surface area contributed by atoms with Crippen LogP contribution in [0.15, 0.2) is 11.6 Å². The number of hydrogen-bond donors (Lipinski definition) is 2. The lowest BCUT2D eigenvalue weighted by atomic mass is 9.87. The van der Waals surface area contributed by atoms with Crippen LogP contribution in [0.3, 0.4) is 0 Å². The smallest absolute Gasteiger partial charge is 0.355 e. The first-order valence-corrected chi connectivity index (χ1v) is 11.3. The van der Waals surface area contributed by atoms with E-state index in [-0.39, 0.29) is 30.6 Å². The number of allylic oxidation sites excluding steroid dienone is 1. The molecule has 0 bridgehead atoms. The summed E-state index contributed by atoms with van der Waals surface area (Å²) in [5.41, 5.74) is 0.226. The average molecular weight is 436 g/mol. The van der Waals surface area contributed by atoms with Crippen LogP contribution in [0.25, 0.3) is 0 Å². The highest BCUT2D eigenvalue weighted by atomic mass is 32.2. The summed E-state index contributed by atoms with van der Waals surface area (Å²) >= 11 is 1.13. The van der Waals surface area contributed by atoms with E-state index in [1.807, 2.05) is 13.8 Å². The fourth-order valence-corrected chi connectivity index (χ4v) is 4.33. The Balaban J connectivity index is 2.33. The Morgan fingerprint density at radius 2 is 1.93 bits per heavy atom. The zero-order valence-electron chi connectivity index (χ0n) is 16.9. The van der Waals surface area contributed by atoms with Crippen molar-refractivity contribution < 1.29 is 32.5 Å². The summed E-state index contributed by atoms with van der Waals surface area (Å²) in [7, 11) is -2.56. The van der Waals surface area contributed by atoms with Crippen LogP contribution >= 0.6 is 19.6 Å². The van der Waals surface area contributed by atoms with Crippen LogP contribution in [0.4, 0.5) is 0 Å². The molecule has 160 valence electrons. The van der Waals surface area contributed by atoms with Gasteiger partial charge in [-0.25, -0.2) is 4.57 Å². The van der Waals surface area contributed by atoms with Gasteiger partial charge in [0.05, 0.1) is 6.61 Å². The van der Waals surface area contributed by atoms with Crippen molar-refractivity contribution in [2.45, 2.75) is 40.2 Å². The number of carbonyl (C=O) groups is 3. The Hall–Kier alpha value is -1.19. The first-order valence-electron chi connectivity index (χ1n) is 8.84. The minimum Gasteiger partial charge on any atom is -0.355 e. The molecular weight excluding hydrogens is 407 g/mol. The van der Waals surface area contributed by atoms with Gasteiger partial charge in [-0.1, -0.05) is 31.2 Å². The third kappa shape index (κ3) is 8.45. The molecule has 2 amide bonds. The molecule has 0 aromatic carbocycles. The quantitative estimate of drug-likeness (QED) is 0.320. The zero-order chi connectivity index (χ0) is 21.4. The van der Waals surface area contributed by atoms with Crippen LogP contribution < -0.4 is 10.6 Å². The topological polar surface area (TPSA) is 120 Å². The predicted octanol–water partition coefficient (Wildman–Crippen LogP) is 2.03. The molecule has 1 unspecified atom stereocenters. The molecule has 1 aliphatic rings. The van der Waals surface area contributed by atoms with E-state index in [9.17, 15) is 18.9 Å². The molecule has 9 nitrogen and oxygen atoms in total. The molecule has 2 N–H and O–H groups in total. The van der Waals surface area contributed by atoms with Gasteiger partial charge in [0.25, 0.3) is 0 Å². The van der Waals surface area contributed by atoms with Crippen molar-refractivity contribution in [3.8, 4) is 0 Å². The molecule has 1 aliphatic heterocycles. The van der Waals surface area contributed by atoms with Crippen molar-refractivity contribution in [1.82, 2.24) is 10.6 Å². The van der Waals surface area contributed by atoms with Gasteiger partial charge in [0.1, 0.15) is 0 Å². The summed E-state index contributed by atoms with van der Waals surface area (Å²) < 4.78 is 27.2. The fraction of sp³-hybridized carbons (Fsp3) is 0.706. The summed E-state index contributed by atoms with van der Waals surface area (Å²) in [6, 6.07) is 0. The van der Waals surface area contributed by atoms with E-state index in [1.54, 1.807) is 19.9 Å². The number of phosphoric acid groups is 1. The SMILES string of the molecule is COP1(=O)OCC(C)(C)[C@H](C(=O)NCCC(=O)NCCSC(=O)C=C(C)C)O1. The molecule has 2 atom stereocenters. The van der Waals surface area contributed by atoms with Crippen LogP contribution in [0.5, 0.6) is 0 Å². The highest BCUT2D eigenvalue weighted by Gasteiger charge is 2.48. The Morgan fingerprint density at radius 1 is 1.25 bits per heavy atom. The molecule has 11 heteroatoms. The number of hydrogen-bond acceptors (Lipinski definition) is 8. The van der Waals surface area contributed by atoms with Crippen LogP contribution in [-0.4, -0.2) is 55.6 Å². The van der Waals surface area contributed by atoms with Gasteiger partial charge >= 0.3 is 7.82 Å². The molecule has 0 aromatic heterocycles. The number of rotatable bonds is 9. The molecule has 28 heavy (non-hydrogen) atoms. The van der Waals surface area contributed by atoms with Gasteiger partial charge in [-0.3, -0.25) is 28.0 Å². The lowest BCUT2D eigenvalue weighted by Gasteiger charge is -2.39. The molecule has 0 radical (unpaired) electrons. The van der Waals surface area contributed by atoms with Gasteiger partial charge in [0.2, 0.25) is 16.9 Å². The number of phosphoric ester groups is 1. The second-order valence-corrected chi connectivity index (χ2v) is 9.99. The third-order valence-corrected chi connectivity index (χ3v) is 5.90. The normalized spacial score (nSPS) is 23.5. The number of thioether (sulfide) groups is 1. The zero-order valence-corrected chi connectivity index (χ0v) is 18.6. The van der Waals surface area contributed by atoms with Gasteiger partial charge in [-0.15, -0.1) is 0 Å². The van der Waals surface area contributed by atoms with Crippen molar-refractivity contribution in [2.75, 3.05) is 32.6 Å². The van der Waals surface area contributed by atoms with E-state index < -0.39 is 25.2 Å². The molecular formula is C17H29N2O7PS. The van der Waals surface area contributed by atoms with Crippen LogP contribution in [0.2, 0.25) is 0 Å². The average Bonchev–Trinajstić information content (AvgIpc) is 2.60. The lowest BCUT2D eigenvalue weighted by molar-refractivity contribution is -0.141. The first-order chi connectivity index (χ1) is 13.0. The Morgan fingerprint density at radius 3 is 2.54 bits per heavy atom. The Labute approximate surface area is 169 Å². The molecule has 1 heterocycles. The van der Waals surface area contributed by atoms with Gasteiger partial charge in [-0.2, -0.15) is 0 Å². The summed E-state index contributed by atoms with van der Waals surface area (Å²) in [5, 5.41) is 5.24. The first kappa shape index (κ1) is 24.8. The predicted molar refractivity (Wildman–Crippen MR) is 107 cm³/mol. The molecule has 0 aliphatic carbocycles. The highest BCUT2D eigenvalue weighted by molar-refractivity contribution is 8.14. The second kappa shape index (κ2) is 11.1. The maximum Gasteiger partial charge on any atom is 0.475 e. The molecule has 0 aromatic rings. The van der Waals surface area contributed by atoms with Crippen molar-refractivity contribution in [2.24, 2.45) is 5.41 Å². The van der Waals surface area contributed by atoms with E-state index in [2.05, 4.69) is 10.6 Å². The number of nitrogens with one attached hydrogen (secondary N) is 2. The monoisotopic (exact) mass is 436 g/mol. The standard InChI is InChI=1S/C17H29N2O7PS/c1-12(2)10-14(21)28-9-8-18-13(20)6-7-19-16(22)15-17(3,4)11-25-27(23,24-5)26-15/h10,15H,6-9,11H2,1-5H3,(H,18,20)(H,19,22)/t15-,27?/m0/s1.